The van der Waals surface area contributed by atoms with Gasteiger partial charge in [-0.25, -0.2) is 4.98 Å². The lowest BCUT2D eigenvalue weighted by Gasteiger charge is -2.32. The van der Waals surface area contributed by atoms with Crippen molar-refractivity contribution in [2.75, 3.05) is 32.7 Å². The molecule has 1 amide bonds. The molecule has 0 spiro atoms. The van der Waals surface area contributed by atoms with Gasteiger partial charge in [-0.15, -0.1) is 0 Å². The maximum atomic E-state index is 12.9. The van der Waals surface area contributed by atoms with E-state index in [4.69, 9.17) is 0 Å². The summed E-state index contributed by atoms with van der Waals surface area (Å²) in [5.41, 5.74) is 0. The fourth-order valence-corrected chi connectivity index (χ4v) is 3.25. The molecule has 6 heteroatoms. The number of aromatic nitrogens is 2. The molecule has 1 saturated heterocycles. The van der Waals surface area contributed by atoms with E-state index >= 15 is 0 Å². The van der Waals surface area contributed by atoms with Crippen molar-refractivity contribution in [2.24, 2.45) is 5.92 Å². The Balaban J connectivity index is 1.57. The Morgan fingerprint density at radius 3 is 3.00 bits per heavy atom. The number of imidazole rings is 1. The Bertz CT molecular complexity index is 560. The van der Waals surface area contributed by atoms with Crippen LogP contribution in [0.25, 0.3) is 0 Å². The molecular formula is C18H27N5O. The maximum Gasteiger partial charge on any atom is 0.241 e. The normalized spacial score (nSPS) is 23.3. The highest BCUT2D eigenvalue weighted by atomic mass is 16.2. The fraction of sp³-hybridized carbons (Fsp3) is 0.556. The van der Waals surface area contributed by atoms with E-state index in [1.807, 2.05) is 17.4 Å². The SMILES string of the molecule is O=C([C@H]1CNCCN1)N(CCCn1ccnc1)CC1C=CC=CC1. The molecule has 24 heavy (non-hydrogen) atoms. The minimum absolute atomic E-state index is 0.102. The number of carbonyl (C=O) groups excluding carboxylic acids is 1. The van der Waals surface area contributed by atoms with Crippen LogP contribution in [0.1, 0.15) is 12.8 Å². The van der Waals surface area contributed by atoms with Crippen molar-refractivity contribution >= 4 is 5.91 Å². The molecule has 1 aliphatic heterocycles. The van der Waals surface area contributed by atoms with Crippen molar-refractivity contribution in [3.05, 3.63) is 43.0 Å². The predicted octanol–water partition coefficient (Wildman–Crippen LogP) is 0.796. The van der Waals surface area contributed by atoms with Gasteiger partial charge >= 0.3 is 0 Å². The van der Waals surface area contributed by atoms with Gasteiger partial charge in [0, 0.05) is 51.7 Å². The summed E-state index contributed by atoms with van der Waals surface area (Å²) < 4.78 is 2.06. The van der Waals surface area contributed by atoms with Crippen LogP contribution in [0.15, 0.2) is 43.0 Å². The minimum atomic E-state index is -0.102. The topological polar surface area (TPSA) is 62.2 Å². The van der Waals surface area contributed by atoms with Crippen LogP contribution in [-0.4, -0.2) is 59.1 Å². The molecule has 0 radical (unpaired) electrons. The monoisotopic (exact) mass is 329 g/mol. The van der Waals surface area contributed by atoms with E-state index in [1.165, 1.54) is 0 Å². The second kappa shape index (κ2) is 8.80. The summed E-state index contributed by atoms with van der Waals surface area (Å²) in [5, 5.41) is 6.64. The van der Waals surface area contributed by atoms with Crippen LogP contribution in [0.2, 0.25) is 0 Å². The summed E-state index contributed by atoms with van der Waals surface area (Å²) in [7, 11) is 0. The average Bonchev–Trinajstić information content (AvgIpc) is 3.15. The molecule has 1 unspecified atom stereocenters. The molecule has 1 aliphatic carbocycles. The predicted molar refractivity (Wildman–Crippen MR) is 94.5 cm³/mol. The molecular weight excluding hydrogens is 302 g/mol. The molecule has 0 saturated carbocycles. The smallest absolute Gasteiger partial charge is 0.241 e. The summed E-state index contributed by atoms with van der Waals surface area (Å²) in [4.78, 5) is 19.0. The van der Waals surface area contributed by atoms with Gasteiger partial charge in [-0.2, -0.15) is 0 Å². The molecule has 0 aromatic carbocycles. The van der Waals surface area contributed by atoms with Gasteiger partial charge in [0.2, 0.25) is 5.91 Å². The van der Waals surface area contributed by atoms with Crippen molar-refractivity contribution < 1.29 is 4.79 Å². The summed E-state index contributed by atoms with van der Waals surface area (Å²) in [6.07, 6.45) is 16.1. The number of piperazine rings is 1. The highest BCUT2D eigenvalue weighted by Gasteiger charge is 2.26. The van der Waals surface area contributed by atoms with Crippen molar-refractivity contribution in [2.45, 2.75) is 25.4 Å². The second-order valence-corrected chi connectivity index (χ2v) is 6.46. The van der Waals surface area contributed by atoms with Gasteiger partial charge in [0.1, 0.15) is 0 Å². The van der Waals surface area contributed by atoms with Gasteiger partial charge in [0.05, 0.1) is 12.4 Å². The third-order valence-corrected chi connectivity index (χ3v) is 4.58. The van der Waals surface area contributed by atoms with Gasteiger partial charge < -0.3 is 20.1 Å². The number of rotatable bonds is 7. The number of carbonyl (C=O) groups is 1. The van der Waals surface area contributed by atoms with Gasteiger partial charge in [0.15, 0.2) is 0 Å². The highest BCUT2D eigenvalue weighted by molar-refractivity contribution is 5.82. The van der Waals surface area contributed by atoms with Gasteiger partial charge in [-0.1, -0.05) is 24.3 Å². The minimum Gasteiger partial charge on any atom is -0.341 e. The lowest BCUT2D eigenvalue weighted by atomic mass is 9.99. The Kier molecular flexibility index (Phi) is 6.20. The average molecular weight is 329 g/mol. The van der Waals surface area contributed by atoms with Crippen LogP contribution in [0.3, 0.4) is 0 Å². The lowest BCUT2D eigenvalue weighted by Crippen LogP contribution is -2.57. The largest absolute Gasteiger partial charge is 0.341 e. The van der Waals surface area contributed by atoms with E-state index in [2.05, 4.69) is 44.5 Å². The molecule has 1 aromatic heterocycles. The van der Waals surface area contributed by atoms with Crippen molar-refractivity contribution in [1.82, 2.24) is 25.1 Å². The van der Waals surface area contributed by atoms with Crippen LogP contribution < -0.4 is 10.6 Å². The summed E-state index contributed by atoms with van der Waals surface area (Å²) in [6.45, 7) is 4.97. The van der Waals surface area contributed by atoms with E-state index in [0.29, 0.717) is 5.92 Å². The molecule has 2 N–H and O–H groups in total. The standard InChI is InChI=1S/C18H27N5O/c24-18(17-13-19-7-8-21-17)23(14-16-5-2-1-3-6-16)11-4-10-22-12-9-20-15-22/h1-3,5,9,12,15-17,19,21H,4,6-8,10-11,13-14H2/t16?,17-/m1/s1. The van der Waals surface area contributed by atoms with Crippen LogP contribution in [0.4, 0.5) is 0 Å². The summed E-state index contributed by atoms with van der Waals surface area (Å²) in [5.74, 6) is 0.638. The van der Waals surface area contributed by atoms with Crippen LogP contribution >= 0.6 is 0 Å². The quantitative estimate of drug-likeness (QED) is 0.777. The molecule has 2 atom stereocenters. The third-order valence-electron chi connectivity index (χ3n) is 4.58. The first-order valence-corrected chi connectivity index (χ1v) is 8.85. The van der Waals surface area contributed by atoms with E-state index in [0.717, 1.165) is 52.1 Å². The van der Waals surface area contributed by atoms with E-state index < -0.39 is 0 Å². The second-order valence-electron chi connectivity index (χ2n) is 6.46. The van der Waals surface area contributed by atoms with Crippen LogP contribution in [0.5, 0.6) is 0 Å². The molecule has 0 bridgehead atoms. The summed E-state index contributed by atoms with van der Waals surface area (Å²) >= 11 is 0. The summed E-state index contributed by atoms with van der Waals surface area (Å²) in [6, 6.07) is -0.102. The third kappa shape index (κ3) is 4.79. The Labute approximate surface area is 143 Å². The zero-order valence-electron chi connectivity index (χ0n) is 14.1. The van der Waals surface area contributed by atoms with Crippen molar-refractivity contribution in [1.29, 1.82) is 0 Å². The maximum absolute atomic E-state index is 12.9. The number of amides is 1. The number of allylic oxidation sites excluding steroid dienone is 3. The van der Waals surface area contributed by atoms with Gasteiger partial charge in [-0.05, 0) is 18.8 Å². The first kappa shape index (κ1) is 16.9. The molecule has 2 heterocycles. The number of aryl methyl sites for hydroxylation is 1. The van der Waals surface area contributed by atoms with Crippen LogP contribution in [-0.2, 0) is 11.3 Å². The van der Waals surface area contributed by atoms with Gasteiger partial charge in [0.25, 0.3) is 0 Å². The van der Waals surface area contributed by atoms with E-state index in [1.54, 1.807) is 6.20 Å². The van der Waals surface area contributed by atoms with Crippen molar-refractivity contribution in [3.8, 4) is 0 Å². The molecule has 2 aliphatic rings. The Morgan fingerprint density at radius 1 is 1.33 bits per heavy atom. The number of nitrogens with zero attached hydrogens (tertiary/aromatic N) is 3. The zero-order chi connectivity index (χ0) is 16.6. The Hall–Kier alpha value is -1.92. The molecule has 1 aromatic rings. The Morgan fingerprint density at radius 2 is 2.29 bits per heavy atom. The molecule has 1 fully saturated rings. The number of hydrogen-bond acceptors (Lipinski definition) is 4. The first-order valence-electron chi connectivity index (χ1n) is 8.85. The lowest BCUT2D eigenvalue weighted by molar-refractivity contribution is -0.134. The fourth-order valence-electron chi connectivity index (χ4n) is 3.25. The molecule has 3 rings (SSSR count). The molecule has 130 valence electrons. The van der Waals surface area contributed by atoms with E-state index in [9.17, 15) is 4.79 Å². The van der Waals surface area contributed by atoms with Crippen molar-refractivity contribution in [3.63, 3.8) is 0 Å². The number of nitrogens with one attached hydrogen (secondary N) is 2. The van der Waals surface area contributed by atoms with Crippen LogP contribution in [0, 0.1) is 5.92 Å². The zero-order valence-corrected chi connectivity index (χ0v) is 14.1. The number of hydrogen-bond donors (Lipinski definition) is 2. The molecule has 6 nitrogen and oxygen atoms in total. The van der Waals surface area contributed by atoms with E-state index in [-0.39, 0.29) is 11.9 Å². The van der Waals surface area contributed by atoms with Gasteiger partial charge in [-0.3, -0.25) is 4.79 Å². The first-order chi connectivity index (χ1) is 11.8. The highest BCUT2D eigenvalue weighted by Crippen LogP contribution is 2.14.